The summed E-state index contributed by atoms with van der Waals surface area (Å²) in [4.78, 5) is 5.57. The van der Waals surface area contributed by atoms with Crippen molar-refractivity contribution in [2.24, 2.45) is 0 Å². The summed E-state index contributed by atoms with van der Waals surface area (Å²) in [7, 11) is 0. The van der Waals surface area contributed by atoms with Gasteiger partial charge in [0.1, 0.15) is 0 Å². The summed E-state index contributed by atoms with van der Waals surface area (Å²) in [6.45, 7) is 0. The van der Waals surface area contributed by atoms with Gasteiger partial charge in [-0.15, -0.1) is 11.8 Å². The van der Waals surface area contributed by atoms with Crippen LogP contribution in [0.2, 0.25) is 0 Å². The molecule has 0 atom stereocenters. The lowest BCUT2D eigenvalue weighted by molar-refractivity contribution is 0.425. The number of anilines is 1. The van der Waals surface area contributed by atoms with Crippen molar-refractivity contribution in [2.75, 3.05) is 5.73 Å². The number of rotatable bonds is 4. The lowest BCUT2D eigenvalue weighted by Gasteiger charge is -1.96. The number of nitrogens with zero attached hydrogens (tertiary/aromatic N) is 2. The Kier molecular flexibility index (Phi) is 3.69. The zero-order valence-electron chi connectivity index (χ0n) is 10.7. The van der Waals surface area contributed by atoms with Crippen LogP contribution in [-0.2, 0) is 5.75 Å². The standard InChI is InChI=1S/C15H13N3OS/c16-12-6-4-5-11(9-12)15-17-14(18-19-15)10-20-13-7-2-1-3-8-13/h1-9H,10,16H2. The Hall–Kier alpha value is -2.27. The molecule has 0 fully saturated rings. The predicted octanol–water partition coefficient (Wildman–Crippen LogP) is 3.61. The van der Waals surface area contributed by atoms with E-state index in [0.29, 0.717) is 23.2 Å². The van der Waals surface area contributed by atoms with Crippen LogP contribution in [0.3, 0.4) is 0 Å². The predicted molar refractivity (Wildman–Crippen MR) is 80.1 cm³/mol. The van der Waals surface area contributed by atoms with Gasteiger partial charge < -0.3 is 10.3 Å². The zero-order valence-corrected chi connectivity index (χ0v) is 11.5. The molecule has 0 aliphatic rings. The van der Waals surface area contributed by atoms with Gasteiger partial charge in [-0.1, -0.05) is 29.4 Å². The Morgan fingerprint density at radius 3 is 2.70 bits per heavy atom. The third-order valence-corrected chi connectivity index (χ3v) is 3.72. The van der Waals surface area contributed by atoms with Crippen LogP contribution in [0.5, 0.6) is 0 Å². The van der Waals surface area contributed by atoms with Gasteiger partial charge in [0.15, 0.2) is 5.82 Å². The Morgan fingerprint density at radius 2 is 1.90 bits per heavy atom. The molecule has 1 aromatic heterocycles. The van der Waals surface area contributed by atoms with Crippen molar-refractivity contribution in [3.8, 4) is 11.5 Å². The molecule has 100 valence electrons. The van der Waals surface area contributed by atoms with Gasteiger partial charge in [0.25, 0.3) is 5.89 Å². The van der Waals surface area contributed by atoms with Crippen LogP contribution in [-0.4, -0.2) is 10.1 Å². The lowest BCUT2D eigenvalue weighted by atomic mass is 10.2. The molecule has 0 radical (unpaired) electrons. The van der Waals surface area contributed by atoms with Crippen molar-refractivity contribution < 1.29 is 4.52 Å². The van der Waals surface area contributed by atoms with Crippen LogP contribution in [0.1, 0.15) is 5.82 Å². The minimum absolute atomic E-state index is 0.501. The van der Waals surface area contributed by atoms with Crippen LogP contribution in [0.4, 0.5) is 5.69 Å². The average molecular weight is 283 g/mol. The van der Waals surface area contributed by atoms with Gasteiger partial charge in [-0.05, 0) is 30.3 Å². The Labute approximate surface area is 121 Å². The van der Waals surface area contributed by atoms with Crippen molar-refractivity contribution in [3.63, 3.8) is 0 Å². The molecule has 4 nitrogen and oxygen atoms in total. The largest absolute Gasteiger partial charge is 0.399 e. The Balaban J connectivity index is 1.71. The first-order chi connectivity index (χ1) is 9.81. The number of hydrogen-bond donors (Lipinski definition) is 1. The van der Waals surface area contributed by atoms with Crippen LogP contribution in [0, 0.1) is 0 Å². The highest BCUT2D eigenvalue weighted by Gasteiger charge is 2.09. The molecule has 0 aliphatic heterocycles. The quantitative estimate of drug-likeness (QED) is 0.585. The minimum Gasteiger partial charge on any atom is -0.399 e. The molecule has 0 spiro atoms. The van der Waals surface area contributed by atoms with E-state index in [9.17, 15) is 0 Å². The highest BCUT2D eigenvalue weighted by molar-refractivity contribution is 7.98. The summed E-state index contributed by atoms with van der Waals surface area (Å²) in [6, 6.07) is 17.6. The number of nitrogen functional groups attached to an aromatic ring is 1. The van der Waals surface area contributed by atoms with Crippen molar-refractivity contribution in [3.05, 3.63) is 60.4 Å². The van der Waals surface area contributed by atoms with Gasteiger partial charge >= 0.3 is 0 Å². The molecule has 0 saturated heterocycles. The SMILES string of the molecule is Nc1cccc(-c2nc(CSc3ccccc3)no2)c1. The third-order valence-electron chi connectivity index (χ3n) is 2.71. The minimum atomic E-state index is 0.501. The Bertz CT molecular complexity index is 697. The maximum Gasteiger partial charge on any atom is 0.258 e. The van der Waals surface area contributed by atoms with E-state index in [1.165, 1.54) is 4.90 Å². The van der Waals surface area contributed by atoms with E-state index in [2.05, 4.69) is 22.3 Å². The summed E-state index contributed by atoms with van der Waals surface area (Å²) in [6.07, 6.45) is 0. The van der Waals surface area contributed by atoms with Gasteiger partial charge in [0.05, 0.1) is 5.75 Å². The molecule has 2 N–H and O–H groups in total. The lowest BCUT2D eigenvalue weighted by Crippen LogP contribution is -1.86. The fourth-order valence-corrected chi connectivity index (χ4v) is 2.53. The monoisotopic (exact) mass is 283 g/mol. The maximum atomic E-state index is 5.74. The third kappa shape index (κ3) is 3.00. The topological polar surface area (TPSA) is 64.9 Å². The van der Waals surface area contributed by atoms with Crippen LogP contribution in [0.25, 0.3) is 11.5 Å². The number of nitrogens with two attached hydrogens (primary N) is 1. The fourth-order valence-electron chi connectivity index (χ4n) is 1.77. The summed E-state index contributed by atoms with van der Waals surface area (Å²) in [5.74, 6) is 1.85. The summed E-state index contributed by atoms with van der Waals surface area (Å²) in [5, 5.41) is 3.99. The van der Waals surface area contributed by atoms with E-state index in [0.717, 1.165) is 5.56 Å². The van der Waals surface area contributed by atoms with Crippen molar-refractivity contribution in [1.82, 2.24) is 10.1 Å². The number of thioether (sulfide) groups is 1. The number of benzene rings is 2. The first-order valence-electron chi connectivity index (χ1n) is 6.17. The highest BCUT2D eigenvalue weighted by atomic mass is 32.2. The molecule has 0 amide bonds. The molecule has 2 aromatic carbocycles. The van der Waals surface area contributed by atoms with Gasteiger partial charge in [0, 0.05) is 16.1 Å². The molecule has 0 aliphatic carbocycles. The molecule has 1 heterocycles. The second-order valence-corrected chi connectivity index (χ2v) is 5.29. The van der Waals surface area contributed by atoms with E-state index in [1.54, 1.807) is 11.8 Å². The molecule has 3 aromatic rings. The van der Waals surface area contributed by atoms with Gasteiger partial charge in [-0.3, -0.25) is 0 Å². The van der Waals surface area contributed by atoms with Crippen LogP contribution >= 0.6 is 11.8 Å². The van der Waals surface area contributed by atoms with Crippen molar-refractivity contribution in [1.29, 1.82) is 0 Å². The van der Waals surface area contributed by atoms with Crippen molar-refractivity contribution >= 4 is 17.4 Å². The molecule has 0 unspecified atom stereocenters. The van der Waals surface area contributed by atoms with Crippen LogP contribution < -0.4 is 5.73 Å². The molecule has 0 bridgehead atoms. The Morgan fingerprint density at radius 1 is 1.05 bits per heavy atom. The molecule has 5 heteroatoms. The summed E-state index contributed by atoms with van der Waals surface area (Å²) in [5.41, 5.74) is 7.27. The van der Waals surface area contributed by atoms with E-state index in [4.69, 9.17) is 10.3 Å². The molecule has 3 rings (SSSR count). The van der Waals surface area contributed by atoms with Gasteiger partial charge in [-0.25, -0.2) is 0 Å². The number of hydrogen-bond acceptors (Lipinski definition) is 5. The van der Waals surface area contributed by atoms with E-state index in [1.807, 2.05) is 42.5 Å². The van der Waals surface area contributed by atoms with Crippen LogP contribution in [0.15, 0.2) is 64.0 Å². The maximum absolute atomic E-state index is 5.74. The second-order valence-electron chi connectivity index (χ2n) is 4.24. The van der Waals surface area contributed by atoms with Crippen molar-refractivity contribution in [2.45, 2.75) is 10.6 Å². The van der Waals surface area contributed by atoms with E-state index < -0.39 is 0 Å². The smallest absolute Gasteiger partial charge is 0.258 e. The molecule has 20 heavy (non-hydrogen) atoms. The molecular weight excluding hydrogens is 270 g/mol. The van der Waals surface area contributed by atoms with Gasteiger partial charge in [0.2, 0.25) is 0 Å². The normalized spacial score (nSPS) is 10.6. The number of aromatic nitrogens is 2. The highest BCUT2D eigenvalue weighted by Crippen LogP contribution is 2.23. The summed E-state index contributed by atoms with van der Waals surface area (Å²) >= 11 is 1.68. The fraction of sp³-hybridized carbons (Fsp3) is 0.0667. The first kappa shape index (κ1) is 12.7. The molecule has 0 saturated carbocycles. The molecular formula is C15H13N3OS. The second kappa shape index (κ2) is 5.79. The zero-order chi connectivity index (χ0) is 13.8. The first-order valence-corrected chi connectivity index (χ1v) is 7.16. The average Bonchev–Trinajstić information content (AvgIpc) is 2.95. The van der Waals surface area contributed by atoms with E-state index >= 15 is 0 Å². The van der Waals surface area contributed by atoms with E-state index in [-0.39, 0.29) is 0 Å². The summed E-state index contributed by atoms with van der Waals surface area (Å²) < 4.78 is 5.26. The van der Waals surface area contributed by atoms with Gasteiger partial charge in [-0.2, -0.15) is 4.98 Å².